The van der Waals surface area contributed by atoms with E-state index in [9.17, 15) is 24.3 Å². The lowest BCUT2D eigenvalue weighted by Crippen LogP contribution is -2.49. The number of carbonyl (C=O) groups excluding carboxylic acids is 4. The van der Waals surface area contributed by atoms with Gasteiger partial charge < -0.3 is 5.11 Å². The number of rotatable bonds is 5. The number of anilines is 1. The Morgan fingerprint density at radius 1 is 1.04 bits per heavy atom. The number of aryl methyl sites for hydroxylation is 3. The standard InChI is InChI=1S/C38H37ClN4O5S/c1-6-14-42-34(45)22-12-11-21-25(30(22)36(42)47)16-26-35(46)43(37(48)38(26,4)31(21)23-9-7-8-18(2)32(23)44)29-17-27(40-41(29)5)33-19(3)24-15-20(39)10-13-28(24)49-33/h7-11,13,15,17,22,25-26,30-31,44H,6,12,14,16H2,1-5H3. The smallest absolute Gasteiger partial charge is 0.242 e. The number of hydrogen-bond donors (Lipinski definition) is 1. The van der Waals surface area contributed by atoms with Gasteiger partial charge in [-0.3, -0.25) is 28.8 Å². The van der Waals surface area contributed by atoms with Crippen LogP contribution in [0.4, 0.5) is 5.82 Å². The molecule has 2 saturated heterocycles. The molecule has 3 fully saturated rings. The number of aromatic hydroxyl groups is 1. The fourth-order valence-corrected chi connectivity index (χ4v) is 10.5. The van der Waals surface area contributed by atoms with Crippen LogP contribution >= 0.6 is 22.9 Å². The molecule has 4 amide bonds. The highest BCUT2D eigenvalue weighted by molar-refractivity contribution is 7.22. The molecule has 9 nitrogen and oxygen atoms in total. The maximum absolute atomic E-state index is 15.0. The van der Waals surface area contributed by atoms with Gasteiger partial charge >= 0.3 is 0 Å². The van der Waals surface area contributed by atoms with Crippen LogP contribution < -0.4 is 4.90 Å². The summed E-state index contributed by atoms with van der Waals surface area (Å²) >= 11 is 7.87. The second kappa shape index (κ2) is 11.1. The average Bonchev–Trinajstić information content (AvgIpc) is 3.74. The highest BCUT2D eigenvalue weighted by atomic mass is 35.5. The van der Waals surface area contributed by atoms with Gasteiger partial charge in [-0.05, 0) is 80.7 Å². The minimum atomic E-state index is -1.26. The van der Waals surface area contributed by atoms with Gasteiger partial charge in [0.15, 0.2) is 0 Å². The van der Waals surface area contributed by atoms with Gasteiger partial charge in [-0.25, -0.2) is 4.90 Å². The van der Waals surface area contributed by atoms with Crippen molar-refractivity contribution in [3.8, 4) is 16.3 Å². The number of fused-ring (bicyclic) bond motifs is 5. The number of imide groups is 2. The number of likely N-dealkylation sites (tertiary alicyclic amines) is 1. The van der Waals surface area contributed by atoms with E-state index < -0.39 is 35.0 Å². The summed E-state index contributed by atoms with van der Waals surface area (Å²) in [6.07, 6.45) is 3.31. The Morgan fingerprint density at radius 2 is 1.82 bits per heavy atom. The molecule has 2 aliphatic carbocycles. The second-order valence-electron chi connectivity index (χ2n) is 14.2. The number of para-hydroxylation sites is 1. The summed E-state index contributed by atoms with van der Waals surface area (Å²) in [6, 6.07) is 13.0. The van der Waals surface area contributed by atoms with Crippen LogP contribution in [0.15, 0.2) is 54.1 Å². The van der Waals surface area contributed by atoms with Crippen LogP contribution in [-0.2, 0) is 26.2 Å². The van der Waals surface area contributed by atoms with E-state index in [1.165, 1.54) is 9.80 Å². The number of halogens is 1. The molecule has 252 valence electrons. The topological polar surface area (TPSA) is 113 Å². The van der Waals surface area contributed by atoms with Crippen molar-refractivity contribution in [2.45, 2.75) is 52.9 Å². The van der Waals surface area contributed by atoms with Crippen molar-refractivity contribution < 1.29 is 24.3 Å². The van der Waals surface area contributed by atoms with Crippen molar-refractivity contribution in [1.82, 2.24) is 14.7 Å². The zero-order chi connectivity index (χ0) is 34.7. The van der Waals surface area contributed by atoms with Gasteiger partial charge in [0.05, 0.1) is 28.0 Å². The molecule has 4 aliphatic rings. The molecule has 0 spiro atoms. The Morgan fingerprint density at radius 3 is 2.57 bits per heavy atom. The molecule has 2 aromatic heterocycles. The lowest BCUT2D eigenvalue weighted by atomic mass is 9.51. The molecule has 4 heterocycles. The van der Waals surface area contributed by atoms with E-state index in [0.29, 0.717) is 47.0 Å². The van der Waals surface area contributed by atoms with Gasteiger partial charge in [0.1, 0.15) is 17.3 Å². The van der Waals surface area contributed by atoms with Gasteiger partial charge in [0.2, 0.25) is 23.6 Å². The number of nitrogens with zero attached hydrogens (tertiary/aromatic N) is 4. The Labute approximate surface area is 293 Å². The molecule has 0 radical (unpaired) electrons. The van der Waals surface area contributed by atoms with Crippen molar-refractivity contribution in [3.05, 3.63) is 75.8 Å². The summed E-state index contributed by atoms with van der Waals surface area (Å²) in [6.45, 7) is 7.94. The van der Waals surface area contributed by atoms with Crippen LogP contribution in [0, 0.1) is 42.9 Å². The summed E-state index contributed by atoms with van der Waals surface area (Å²) in [5.74, 6) is -3.66. The zero-order valence-electron chi connectivity index (χ0n) is 28.0. The molecule has 49 heavy (non-hydrogen) atoms. The SMILES string of the molecule is CCCN1C(=O)C2CC=C3C(CC4C(=O)N(c5cc(-c6sc7ccc(Cl)cc7c6C)nn5C)C(=O)C4(C)C3c3cccc(C)c3O)C2C1=O. The summed E-state index contributed by atoms with van der Waals surface area (Å²) in [5.41, 5.74) is 2.46. The van der Waals surface area contributed by atoms with Crippen molar-refractivity contribution in [2.75, 3.05) is 11.4 Å². The van der Waals surface area contributed by atoms with E-state index in [2.05, 4.69) is 0 Å². The molecule has 8 rings (SSSR count). The van der Waals surface area contributed by atoms with Gasteiger partial charge in [0.25, 0.3) is 0 Å². The highest BCUT2D eigenvalue weighted by Crippen LogP contribution is 2.64. The normalized spacial score (nSPS) is 28.0. The fraction of sp³-hybridized carbons (Fsp3) is 0.395. The molecule has 2 aliphatic heterocycles. The summed E-state index contributed by atoms with van der Waals surface area (Å²) < 4.78 is 2.63. The van der Waals surface area contributed by atoms with E-state index in [4.69, 9.17) is 16.7 Å². The third-order valence-electron chi connectivity index (χ3n) is 11.6. The summed E-state index contributed by atoms with van der Waals surface area (Å²) in [5, 5.41) is 17.9. The maximum Gasteiger partial charge on any atom is 0.242 e. The monoisotopic (exact) mass is 696 g/mol. The molecule has 11 heteroatoms. The molecular formula is C38H37ClN4O5S. The minimum Gasteiger partial charge on any atom is -0.507 e. The third kappa shape index (κ3) is 4.32. The van der Waals surface area contributed by atoms with Crippen LogP contribution in [-0.4, -0.2) is 50.0 Å². The molecule has 1 saturated carbocycles. The van der Waals surface area contributed by atoms with E-state index in [-0.39, 0.29) is 35.8 Å². The van der Waals surface area contributed by atoms with Gasteiger partial charge in [-0.1, -0.05) is 48.4 Å². The highest BCUT2D eigenvalue weighted by Gasteiger charge is 2.68. The Bertz CT molecular complexity index is 2170. The zero-order valence-corrected chi connectivity index (χ0v) is 29.6. The first-order chi connectivity index (χ1) is 23.4. The number of phenols is 1. The first-order valence-corrected chi connectivity index (χ1v) is 18.0. The van der Waals surface area contributed by atoms with Gasteiger partial charge in [-0.15, -0.1) is 11.3 Å². The Balaban J connectivity index is 1.26. The number of benzene rings is 2. The lowest BCUT2D eigenvalue weighted by Gasteiger charge is -2.49. The van der Waals surface area contributed by atoms with Gasteiger partial charge in [-0.2, -0.15) is 5.10 Å². The molecular weight excluding hydrogens is 660 g/mol. The number of allylic oxidation sites excluding steroid dienone is 2. The van der Waals surface area contributed by atoms with Crippen molar-refractivity contribution in [1.29, 1.82) is 0 Å². The molecule has 6 atom stereocenters. The number of hydrogen-bond acceptors (Lipinski definition) is 7. The first-order valence-electron chi connectivity index (χ1n) is 16.8. The van der Waals surface area contributed by atoms with Crippen molar-refractivity contribution in [2.24, 2.45) is 36.1 Å². The fourth-order valence-electron chi connectivity index (χ4n) is 9.22. The van der Waals surface area contributed by atoms with Crippen LogP contribution in [0.5, 0.6) is 5.75 Å². The quantitative estimate of drug-likeness (QED) is 0.179. The first kappa shape index (κ1) is 32.0. The van der Waals surface area contributed by atoms with Crippen molar-refractivity contribution in [3.63, 3.8) is 0 Å². The molecule has 6 unspecified atom stereocenters. The second-order valence-corrected chi connectivity index (χ2v) is 15.7. The molecule has 0 bridgehead atoms. The number of thiophene rings is 1. The average molecular weight is 697 g/mol. The third-order valence-corrected chi connectivity index (χ3v) is 13.1. The predicted octanol–water partition coefficient (Wildman–Crippen LogP) is 6.92. The minimum absolute atomic E-state index is 0.0689. The van der Waals surface area contributed by atoms with E-state index >= 15 is 0 Å². The Kier molecular flexibility index (Phi) is 7.25. The van der Waals surface area contributed by atoms with E-state index in [1.54, 1.807) is 42.1 Å². The molecule has 2 aromatic carbocycles. The van der Waals surface area contributed by atoms with Crippen LogP contribution in [0.1, 0.15) is 55.7 Å². The number of amides is 4. The summed E-state index contributed by atoms with van der Waals surface area (Å²) in [4.78, 5) is 60.6. The number of carbonyl (C=O) groups is 4. The summed E-state index contributed by atoms with van der Waals surface area (Å²) in [7, 11) is 1.73. The predicted molar refractivity (Wildman–Crippen MR) is 188 cm³/mol. The lowest BCUT2D eigenvalue weighted by molar-refractivity contribution is -0.140. The maximum atomic E-state index is 15.0. The Hall–Kier alpha value is -4.28. The van der Waals surface area contributed by atoms with E-state index in [0.717, 1.165) is 26.1 Å². The van der Waals surface area contributed by atoms with Gasteiger partial charge in [0, 0.05) is 40.9 Å². The van der Waals surface area contributed by atoms with Crippen molar-refractivity contribution >= 4 is 62.5 Å². The van der Waals surface area contributed by atoms with E-state index in [1.807, 2.05) is 57.2 Å². The van der Waals surface area contributed by atoms with Crippen LogP contribution in [0.25, 0.3) is 20.7 Å². The molecule has 4 aromatic rings. The van der Waals surface area contributed by atoms with Crippen LogP contribution in [0.3, 0.4) is 0 Å². The largest absolute Gasteiger partial charge is 0.507 e. The molecule has 1 N–H and O–H groups in total. The van der Waals surface area contributed by atoms with Crippen LogP contribution in [0.2, 0.25) is 5.02 Å². The number of phenolic OH excluding ortho intramolecular Hbond substituents is 1. The number of aromatic nitrogens is 2.